The van der Waals surface area contributed by atoms with Gasteiger partial charge in [0.2, 0.25) is 0 Å². The summed E-state index contributed by atoms with van der Waals surface area (Å²) in [5.41, 5.74) is 9.03. The van der Waals surface area contributed by atoms with Crippen LogP contribution in [-0.2, 0) is 6.42 Å². The van der Waals surface area contributed by atoms with E-state index < -0.39 is 0 Å². The number of hydrogen-bond donors (Lipinski definition) is 1. The summed E-state index contributed by atoms with van der Waals surface area (Å²) < 4.78 is 15.1. The highest BCUT2D eigenvalue weighted by Gasteiger charge is 2.13. The Bertz CT molecular complexity index is 722. The molecule has 0 saturated heterocycles. The highest BCUT2D eigenvalue weighted by Crippen LogP contribution is 2.19. The Hall–Kier alpha value is -2.46. The molecule has 0 aliphatic carbocycles. The number of nitrogens with zero attached hydrogens (tertiary/aromatic N) is 2. The first-order chi connectivity index (χ1) is 10.2. The molecule has 0 radical (unpaired) electrons. The molecule has 0 aliphatic rings. The summed E-state index contributed by atoms with van der Waals surface area (Å²) in [4.78, 5) is 0. The van der Waals surface area contributed by atoms with Gasteiger partial charge in [0.1, 0.15) is 5.82 Å². The van der Waals surface area contributed by atoms with E-state index in [9.17, 15) is 4.39 Å². The molecule has 3 nitrogen and oxygen atoms in total. The van der Waals surface area contributed by atoms with E-state index in [-0.39, 0.29) is 11.9 Å². The fourth-order valence-corrected chi connectivity index (χ4v) is 2.40. The van der Waals surface area contributed by atoms with Gasteiger partial charge < -0.3 is 5.73 Å². The Labute approximate surface area is 122 Å². The van der Waals surface area contributed by atoms with Gasteiger partial charge in [-0.3, -0.25) is 0 Å². The van der Waals surface area contributed by atoms with Crippen LogP contribution < -0.4 is 5.73 Å². The molecule has 3 aromatic rings. The second-order valence-corrected chi connectivity index (χ2v) is 4.94. The molecule has 21 heavy (non-hydrogen) atoms. The summed E-state index contributed by atoms with van der Waals surface area (Å²) >= 11 is 0. The molecule has 1 unspecified atom stereocenters. The molecule has 3 rings (SSSR count). The van der Waals surface area contributed by atoms with Crippen molar-refractivity contribution in [2.45, 2.75) is 12.5 Å². The molecule has 0 fully saturated rings. The standard InChI is InChI=1S/C17H16FN3/c18-14-6-4-5-13(11-14)12-16(19)17-9-10-20-21(17)15-7-2-1-3-8-15/h1-11,16H,12,19H2. The van der Waals surface area contributed by atoms with Gasteiger partial charge >= 0.3 is 0 Å². The maximum absolute atomic E-state index is 13.2. The first kappa shape index (κ1) is 13.5. The summed E-state index contributed by atoms with van der Waals surface area (Å²) in [7, 11) is 0. The van der Waals surface area contributed by atoms with E-state index in [1.165, 1.54) is 12.1 Å². The van der Waals surface area contributed by atoms with E-state index in [0.717, 1.165) is 16.9 Å². The van der Waals surface area contributed by atoms with Crippen LogP contribution in [0.25, 0.3) is 5.69 Å². The van der Waals surface area contributed by atoms with E-state index >= 15 is 0 Å². The van der Waals surface area contributed by atoms with Crippen LogP contribution in [0.5, 0.6) is 0 Å². The summed E-state index contributed by atoms with van der Waals surface area (Å²) in [5, 5.41) is 4.33. The van der Waals surface area contributed by atoms with Gasteiger partial charge in [0.05, 0.1) is 17.4 Å². The van der Waals surface area contributed by atoms with E-state index in [1.807, 2.05) is 47.1 Å². The molecule has 1 aromatic heterocycles. The zero-order valence-corrected chi connectivity index (χ0v) is 11.5. The molecule has 0 bridgehead atoms. The van der Waals surface area contributed by atoms with Gasteiger partial charge in [0.15, 0.2) is 0 Å². The van der Waals surface area contributed by atoms with Crippen molar-refractivity contribution >= 4 is 0 Å². The van der Waals surface area contributed by atoms with Gasteiger partial charge in [0.25, 0.3) is 0 Å². The van der Waals surface area contributed by atoms with Gasteiger partial charge in [-0.05, 0) is 42.3 Å². The minimum atomic E-state index is -0.241. The number of aromatic nitrogens is 2. The van der Waals surface area contributed by atoms with Crippen LogP contribution in [0.3, 0.4) is 0 Å². The molecule has 0 spiro atoms. The second-order valence-electron chi connectivity index (χ2n) is 4.94. The quantitative estimate of drug-likeness (QED) is 0.797. The van der Waals surface area contributed by atoms with Crippen LogP contribution >= 0.6 is 0 Å². The minimum Gasteiger partial charge on any atom is -0.322 e. The van der Waals surface area contributed by atoms with E-state index in [4.69, 9.17) is 5.73 Å². The molecule has 2 aromatic carbocycles. The third-order valence-corrected chi connectivity index (χ3v) is 3.40. The Morgan fingerprint density at radius 3 is 2.62 bits per heavy atom. The molecule has 0 saturated carbocycles. The highest BCUT2D eigenvalue weighted by molar-refractivity contribution is 5.33. The normalized spacial score (nSPS) is 12.3. The molecule has 2 N–H and O–H groups in total. The summed E-state index contributed by atoms with van der Waals surface area (Å²) in [6.07, 6.45) is 2.30. The lowest BCUT2D eigenvalue weighted by molar-refractivity contribution is 0.617. The number of halogens is 1. The molecule has 4 heteroatoms. The first-order valence-corrected chi connectivity index (χ1v) is 6.83. The Balaban J connectivity index is 1.86. The predicted molar refractivity (Wildman–Crippen MR) is 80.6 cm³/mol. The van der Waals surface area contributed by atoms with Crippen molar-refractivity contribution in [3.63, 3.8) is 0 Å². The number of nitrogens with two attached hydrogens (primary N) is 1. The maximum atomic E-state index is 13.2. The van der Waals surface area contributed by atoms with Crippen LogP contribution in [0.1, 0.15) is 17.3 Å². The zero-order valence-electron chi connectivity index (χ0n) is 11.5. The lowest BCUT2D eigenvalue weighted by atomic mass is 10.0. The number of para-hydroxylation sites is 1. The molecular formula is C17H16FN3. The number of rotatable bonds is 4. The van der Waals surface area contributed by atoms with E-state index in [0.29, 0.717) is 6.42 Å². The summed E-state index contributed by atoms with van der Waals surface area (Å²) in [5.74, 6) is -0.240. The third-order valence-electron chi connectivity index (χ3n) is 3.40. The molecule has 0 aliphatic heterocycles. The van der Waals surface area contributed by atoms with Crippen LogP contribution in [0.15, 0.2) is 66.9 Å². The van der Waals surface area contributed by atoms with Gasteiger partial charge in [0, 0.05) is 6.20 Å². The number of hydrogen-bond acceptors (Lipinski definition) is 2. The maximum Gasteiger partial charge on any atom is 0.123 e. The van der Waals surface area contributed by atoms with Crippen molar-refractivity contribution < 1.29 is 4.39 Å². The molecule has 1 atom stereocenters. The van der Waals surface area contributed by atoms with Crippen LogP contribution in [0.4, 0.5) is 4.39 Å². The molecule has 0 amide bonds. The lowest BCUT2D eigenvalue weighted by Gasteiger charge is -2.14. The Morgan fingerprint density at radius 2 is 1.86 bits per heavy atom. The van der Waals surface area contributed by atoms with Crippen molar-refractivity contribution in [2.24, 2.45) is 5.73 Å². The zero-order chi connectivity index (χ0) is 14.7. The molecule has 106 valence electrons. The van der Waals surface area contributed by atoms with Crippen molar-refractivity contribution in [3.05, 3.63) is 83.9 Å². The summed E-state index contributed by atoms with van der Waals surface area (Å²) in [6.45, 7) is 0. The first-order valence-electron chi connectivity index (χ1n) is 6.83. The fraction of sp³-hybridized carbons (Fsp3) is 0.118. The highest BCUT2D eigenvalue weighted by atomic mass is 19.1. The van der Waals surface area contributed by atoms with Crippen LogP contribution in [0, 0.1) is 5.82 Å². The fourth-order valence-electron chi connectivity index (χ4n) is 2.40. The van der Waals surface area contributed by atoms with E-state index in [2.05, 4.69) is 5.10 Å². The SMILES string of the molecule is NC(Cc1cccc(F)c1)c1ccnn1-c1ccccc1. The van der Waals surface area contributed by atoms with Gasteiger partial charge in [-0.25, -0.2) is 9.07 Å². The second kappa shape index (κ2) is 5.89. The molecular weight excluding hydrogens is 265 g/mol. The molecule has 1 heterocycles. The largest absolute Gasteiger partial charge is 0.322 e. The topological polar surface area (TPSA) is 43.8 Å². The monoisotopic (exact) mass is 281 g/mol. The van der Waals surface area contributed by atoms with Crippen molar-refractivity contribution in [2.75, 3.05) is 0 Å². The van der Waals surface area contributed by atoms with Crippen molar-refractivity contribution in [1.82, 2.24) is 9.78 Å². The van der Waals surface area contributed by atoms with Crippen molar-refractivity contribution in [1.29, 1.82) is 0 Å². The average molecular weight is 281 g/mol. The van der Waals surface area contributed by atoms with Gasteiger partial charge in [-0.15, -0.1) is 0 Å². The van der Waals surface area contributed by atoms with Gasteiger partial charge in [-0.1, -0.05) is 30.3 Å². The van der Waals surface area contributed by atoms with Crippen LogP contribution in [-0.4, -0.2) is 9.78 Å². The average Bonchev–Trinajstić information content (AvgIpc) is 2.98. The van der Waals surface area contributed by atoms with E-state index in [1.54, 1.807) is 12.3 Å². The lowest BCUT2D eigenvalue weighted by Crippen LogP contribution is -2.18. The summed E-state index contributed by atoms with van der Waals surface area (Å²) in [6, 6.07) is 18.0. The van der Waals surface area contributed by atoms with Crippen molar-refractivity contribution in [3.8, 4) is 5.69 Å². The third kappa shape index (κ3) is 3.01. The Kier molecular flexibility index (Phi) is 3.79. The van der Waals surface area contributed by atoms with Gasteiger partial charge in [-0.2, -0.15) is 5.10 Å². The number of benzene rings is 2. The minimum absolute atomic E-state index is 0.240. The Morgan fingerprint density at radius 1 is 1.05 bits per heavy atom. The predicted octanol–water partition coefficient (Wildman–Crippen LogP) is 3.25. The smallest absolute Gasteiger partial charge is 0.123 e. The van der Waals surface area contributed by atoms with Crippen LogP contribution in [0.2, 0.25) is 0 Å².